The molecule has 1 saturated heterocycles. The summed E-state index contributed by atoms with van der Waals surface area (Å²) in [6.45, 7) is 1.64. The molecule has 1 aliphatic rings. The van der Waals surface area contributed by atoms with E-state index in [-0.39, 0.29) is 19.0 Å². The maximum absolute atomic E-state index is 14.6. The molecule has 2 aromatic heterocycles. The smallest absolute Gasteiger partial charge is 0.413 e. The number of aromatic nitrogens is 2. The minimum absolute atomic E-state index is 0.213. The molecule has 1 amide bonds. The summed E-state index contributed by atoms with van der Waals surface area (Å²) in [5.74, 6) is -2.31. The zero-order chi connectivity index (χ0) is 28.2. The number of amides is 1. The number of methoxy groups -OCH3 is 2. The number of carbonyl (C=O) groups is 1. The number of anilines is 1. The second-order valence-electron chi connectivity index (χ2n) is 8.32. The summed E-state index contributed by atoms with van der Waals surface area (Å²) >= 11 is 0. The van der Waals surface area contributed by atoms with Gasteiger partial charge in [-0.15, -0.1) is 0 Å². The Bertz CT molecular complexity index is 1370. The number of benzene rings is 1. The van der Waals surface area contributed by atoms with Gasteiger partial charge < -0.3 is 32.8 Å². The summed E-state index contributed by atoms with van der Waals surface area (Å²) < 4.78 is 61.5. The number of hydrogen-bond donors (Lipinski definition) is 3. The molecule has 39 heavy (non-hydrogen) atoms. The van der Waals surface area contributed by atoms with Gasteiger partial charge in [-0.3, -0.25) is 15.0 Å². The zero-order valence-electron chi connectivity index (χ0n) is 21.2. The van der Waals surface area contributed by atoms with Crippen LogP contribution in [0.1, 0.15) is 25.3 Å². The molecule has 1 aliphatic heterocycles. The van der Waals surface area contributed by atoms with Crippen LogP contribution in [0, 0.1) is 0 Å². The van der Waals surface area contributed by atoms with Crippen molar-refractivity contribution in [3.05, 3.63) is 46.7 Å². The van der Waals surface area contributed by atoms with Crippen LogP contribution in [0.25, 0.3) is 11.0 Å². The fourth-order valence-corrected chi connectivity index (χ4v) is 4.53. The third kappa shape index (κ3) is 6.81. The van der Waals surface area contributed by atoms with Gasteiger partial charge >= 0.3 is 11.8 Å². The summed E-state index contributed by atoms with van der Waals surface area (Å²) in [5, 5.41) is 5.57. The molecule has 13 nitrogen and oxygen atoms in total. The Hall–Kier alpha value is -3.36. The SMILES string of the molecule is CCNP(O)OC[C@@H]1CC(F)(F)[C@H](n2ccc(NC(=O)OCc3cc4cc(OC)cc(OC)c4o3)nc2=O)O1. The van der Waals surface area contributed by atoms with Crippen LogP contribution in [0.4, 0.5) is 19.4 Å². The summed E-state index contributed by atoms with van der Waals surface area (Å²) in [6.07, 6.45) is -3.62. The van der Waals surface area contributed by atoms with Gasteiger partial charge in [0.25, 0.3) is 14.4 Å². The second kappa shape index (κ2) is 12.2. The molecule has 1 aromatic carbocycles. The zero-order valence-corrected chi connectivity index (χ0v) is 22.1. The quantitative estimate of drug-likeness (QED) is 0.289. The standard InChI is InChI=1S/C23H27F2N4O9P/c1-4-26-39(32)36-12-16-10-23(24,25)20(38-16)29-6-5-18(27-21(29)30)28-22(31)35-11-15-8-13-7-14(33-2)9-17(34-3)19(13)37-15/h5-9,16,20,26,32H,4,10-12H2,1-3H3,(H,27,28,30,31)/t16-,20+,39?/m0/s1. The minimum Gasteiger partial charge on any atom is -0.497 e. The Labute approximate surface area is 221 Å². The number of nitrogens with one attached hydrogen (secondary N) is 2. The lowest BCUT2D eigenvalue weighted by Gasteiger charge is -2.20. The molecular weight excluding hydrogens is 545 g/mol. The third-order valence-electron chi connectivity index (χ3n) is 5.58. The van der Waals surface area contributed by atoms with Crippen molar-refractivity contribution in [2.24, 2.45) is 0 Å². The largest absolute Gasteiger partial charge is 0.497 e. The van der Waals surface area contributed by atoms with E-state index in [1.807, 2.05) is 0 Å². The number of alkyl halides is 2. The van der Waals surface area contributed by atoms with Gasteiger partial charge in [0.2, 0.25) is 6.23 Å². The van der Waals surface area contributed by atoms with E-state index >= 15 is 0 Å². The first-order valence-electron chi connectivity index (χ1n) is 11.7. The van der Waals surface area contributed by atoms with E-state index in [2.05, 4.69) is 15.4 Å². The van der Waals surface area contributed by atoms with E-state index in [9.17, 15) is 23.3 Å². The van der Waals surface area contributed by atoms with Gasteiger partial charge in [-0.25, -0.2) is 18.4 Å². The number of halogens is 2. The van der Waals surface area contributed by atoms with Crippen molar-refractivity contribution in [2.75, 3.05) is 32.7 Å². The van der Waals surface area contributed by atoms with Crippen LogP contribution in [-0.4, -0.2) is 59.9 Å². The lowest BCUT2D eigenvalue weighted by atomic mass is 10.2. The van der Waals surface area contributed by atoms with E-state index < -0.39 is 45.0 Å². The Kier molecular flexibility index (Phi) is 8.97. The molecule has 1 fully saturated rings. The molecule has 0 aliphatic carbocycles. The molecular formula is C23H27F2N4O9P. The molecule has 0 spiro atoms. The van der Waals surface area contributed by atoms with Crippen LogP contribution in [0.15, 0.2) is 39.7 Å². The lowest BCUT2D eigenvalue weighted by molar-refractivity contribution is -0.119. The van der Waals surface area contributed by atoms with Gasteiger partial charge in [-0.1, -0.05) is 6.92 Å². The Balaban J connectivity index is 1.36. The molecule has 212 valence electrons. The predicted molar refractivity (Wildman–Crippen MR) is 134 cm³/mol. The maximum atomic E-state index is 14.6. The minimum atomic E-state index is -3.40. The van der Waals surface area contributed by atoms with Crippen molar-refractivity contribution >= 4 is 31.4 Å². The highest BCUT2D eigenvalue weighted by Crippen LogP contribution is 2.43. The second-order valence-corrected chi connectivity index (χ2v) is 9.44. The third-order valence-corrected chi connectivity index (χ3v) is 6.56. The van der Waals surface area contributed by atoms with Gasteiger partial charge in [-0.2, -0.15) is 4.98 Å². The van der Waals surface area contributed by atoms with Crippen molar-refractivity contribution in [1.82, 2.24) is 14.6 Å². The molecule has 3 N–H and O–H groups in total. The van der Waals surface area contributed by atoms with E-state index in [0.29, 0.717) is 39.3 Å². The first kappa shape index (κ1) is 28.6. The van der Waals surface area contributed by atoms with Gasteiger partial charge in [0.05, 0.1) is 26.9 Å². The normalized spacial score (nSPS) is 19.1. The molecule has 1 unspecified atom stereocenters. The average Bonchev–Trinajstić information content (AvgIpc) is 3.45. The highest BCUT2D eigenvalue weighted by molar-refractivity contribution is 7.43. The monoisotopic (exact) mass is 572 g/mol. The molecule has 0 bridgehead atoms. The molecule has 3 heterocycles. The number of hydrogen-bond acceptors (Lipinski definition) is 11. The summed E-state index contributed by atoms with van der Waals surface area (Å²) in [6, 6.07) is 6.18. The van der Waals surface area contributed by atoms with Crippen molar-refractivity contribution < 1.29 is 46.4 Å². The van der Waals surface area contributed by atoms with E-state index in [4.69, 9.17) is 27.9 Å². The van der Waals surface area contributed by atoms with E-state index in [1.165, 1.54) is 14.2 Å². The van der Waals surface area contributed by atoms with E-state index in [1.54, 1.807) is 25.1 Å². The van der Waals surface area contributed by atoms with Crippen molar-refractivity contribution in [3.8, 4) is 11.5 Å². The van der Waals surface area contributed by atoms with Crippen LogP contribution in [-0.2, 0) is 20.6 Å². The van der Waals surface area contributed by atoms with Gasteiger partial charge in [0.1, 0.15) is 17.3 Å². The molecule has 3 aromatic rings. The molecule has 3 atom stereocenters. The Morgan fingerprint density at radius 3 is 2.79 bits per heavy atom. The van der Waals surface area contributed by atoms with E-state index in [0.717, 1.165) is 12.3 Å². The predicted octanol–water partition coefficient (Wildman–Crippen LogP) is 3.52. The summed E-state index contributed by atoms with van der Waals surface area (Å²) in [7, 11) is 1.02. The Morgan fingerprint density at radius 2 is 2.10 bits per heavy atom. The van der Waals surface area contributed by atoms with Crippen molar-refractivity contribution in [2.45, 2.75) is 38.2 Å². The van der Waals surface area contributed by atoms with Crippen LogP contribution in [0.3, 0.4) is 0 Å². The summed E-state index contributed by atoms with van der Waals surface area (Å²) in [4.78, 5) is 38.0. The molecule has 0 radical (unpaired) electrons. The highest BCUT2D eigenvalue weighted by atomic mass is 31.2. The van der Waals surface area contributed by atoms with Gasteiger partial charge in [0.15, 0.2) is 17.9 Å². The van der Waals surface area contributed by atoms with Crippen molar-refractivity contribution in [1.29, 1.82) is 0 Å². The number of fused-ring (bicyclic) bond motifs is 1. The fraction of sp³-hybridized carbons (Fsp3) is 0.435. The molecule has 16 heteroatoms. The topological polar surface area (TPSA) is 156 Å². The number of carbonyl (C=O) groups excluding carboxylic acids is 1. The average molecular weight is 572 g/mol. The van der Waals surface area contributed by atoms with Crippen molar-refractivity contribution in [3.63, 3.8) is 0 Å². The Morgan fingerprint density at radius 1 is 1.31 bits per heavy atom. The lowest BCUT2D eigenvalue weighted by Crippen LogP contribution is -2.35. The maximum Gasteiger partial charge on any atom is 0.413 e. The number of ether oxygens (including phenoxy) is 4. The first-order chi connectivity index (χ1) is 18.6. The highest BCUT2D eigenvalue weighted by Gasteiger charge is 2.52. The number of nitrogens with zero attached hydrogens (tertiary/aromatic N) is 2. The molecule has 0 saturated carbocycles. The summed E-state index contributed by atoms with van der Waals surface area (Å²) in [5.41, 5.74) is -0.633. The first-order valence-corrected chi connectivity index (χ1v) is 12.9. The fourth-order valence-electron chi connectivity index (χ4n) is 3.86. The number of furan rings is 1. The van der Waals surface area contributed by atoms with Crippen LogP contribution in [0.2, 0.25) is 0 Å². The number of rotatable bonds is 11. The van der Waals surface area contributed by atoms with Crippen LogP contribution in [0.5, 0.6) is 11.5 Å². The molecule has 4 rings (SSSR count). The van der Waals surface area contributed by atoms with Crippen LogP contribution >= 0.6 is 8.53 Å². The van der Waals surface area contributed by atoms with Gasteiger partial charge in [-0.05, 0) is 18.2 Å². The van der Waals surface area contributed by atoms with Gasteiger partial charge in [0, 0.05) is 30.6 Å². The van der Waals surface area contributed by atoms with Crippen LogP contribution < -0.4 is 25.6 Å².